The van der Waals surface area contributed by atoms with Crippen molar-refractivity contribution in [2.45, 2.75) is 0 Å². The first-order valence-corrected chi connectivity index (χ1v) is 24.4. The molecule has 0 aliphatic carbocycles. The summed E-state index contributed by atoms with van der Waals surface area (Å²) < 4.78 is 0. The van der Waals surface area contributed by atoms with Crippen molar-refractivity contribution in [1.29, 1.82) is 0 Å². The largest absolute Gasteiger partial charge is 1.00 e. The normalized spacial score (nSPS) is 10.4. The average molecular weight is 1070 g/mol. The first-order chi connectivity index (χ1) is 31.7. The first kappa shape index (κ1) is 47.9. The van der Waals surface area contributed by atoms with Gasteiger partial charge in [0.25, 0.3) is 0 Å². The fraction of sp³-hybridized carbons (Fsp3) is 0. The molecule has 66 heavy (non-hydrogen) atoms. The van der Waals surface area contributed by atoms with E-state index in [2.05, 4.69) is 218 Å². The first-order valence-electron chi connectivity index (χ1n) is 21.4. The van der Waals surface area contributed by atoms with E-state index in [1.165, 1.54) is 53.4 Å². The van der Waals surface area contributed by atoms with Gasteiger partial charge in [0.05, 0.1) is 0 Å². The summed E-state index contributed by atoms with van der Waals surface area (Å²) in [6.45, 7) is 0. The van der Waals surface area contributed by atoms with E-state index in [9.17, 15) is 0 Å². The maximum Gasteiger partial charge on any atom is 1.00 e. The van der Waals surface area contributed by atoms with Crippen molar-refractivity contribution in [3.05, 3.63) is 279 Å². The van der Waals surface area contributed by atoms with Gasteiger partial charge in [-0.1, -0.05) is 181 Å². The summed E-state index contributed by atoms with van der Waals surface area (Å²) in [5.74, 6) is 4.97. The van der Waals surface area contributed by atoms with Crippen molar-refractivity contribution in [3.63, 3.8) is 0 Å². The second-order valence-corrected chi connectivity index (χ2v) is 20.3. The Bertz CT molecular complexity index is 3110. The molecule has 0 saturated carbocycles. The van der Waals surface area contributed by atoms with Gasteiger partial charge in [0.15, 0.2) is 0 Å². The van der Waals surface area contributed by atoms with Crippen LogP contribution in [0, 0.1) is 24.7 Å². The van der Waals surface area contributed by atoms with Gasteiger partial charge in [0.1, 0.15) is 47.7 Å². The number of hydrogen-bond acceptors (Lipinski definition) is 0. The van der Waals surface area contributed by atoms with E-state index in [0.717, 1.165) is 32.7 Å². The summed E-state index contributed by atoms with van der Waals surface area (Å²) in [6, 6.07) is 90.5. The molecule has 322 valence electrons. The fourth-order valence-corrected chi connectivity index (χ4v) is 14.4. The Morgan fingerprint density at radius 1 is 0.258 bits per heavy atom. The molecule has 0 spiro atoms. The summed E-state index contributed by atoms with van der Waals surface area (Å²) in [6.07, 6.45) is 14.6. The van der Waals surface area contributed by atoms with Gasteiger partial charge < -0.3 is 12.8 Å². The smallest absolute Gasteiger partial charge is 0.366 e. The molecule has 0 unspecified atom stereocenters. The maximum absolute atomic E-state index is 7.28. The summed E-state index contributed by atoms with van der Waals surface area (Å²) in [7, 11) is -2.28. The minimum Gasteiger partial charge on any atom is -0.366 e. The minimum atomic E-state index is -1.14. The van der Waals surface area contributed by atoms with Crippen molar-refractivity contribution in [1.82, 2.24) is 0 Å². The van der Waals surface area contributed by atoms with E-state index in [0.29, 0.717) is 0 Å². The zero-order chi connectivity index (χ0) is 43.5. The van der Waals surface area contributed by atoms with Gasteiger partial charge in [-0.2, -0.15) is 0 Å². The molecule has 4 heteroatoms. The van der Waals surface area contributed by atoms with Crippen LogP contribution in [0.3, 0.4) is 0 Å². The number of benzene rings is 11. The Morgan fingerprint density at radius 2 is 0.515 bits per heavy atom. The molecule has 0 radical (unpaired) electrons. The molecule has 0 aliphatic heterocycles. The molecule has 0 N–H and O–H groups in total. The van der Waals surface area contributed by atoms with Crippen molar-refractivity contribution >= 4 is 90.8 Å². The van der Waals surface area contributed by atoms with Gasteiger partial charge in [-0.05, 0) is 105 Å². The van der Waals surface area contributed by atoms with Crippen LogP contribution in [0.25, 0.3) is 43.1 Å². The molecule has 0 heterocycles. The maximum atomic E-state index is 7.28. The zero-order valence-corrected chi connectivity index (χ0v) is 40.8. The van der Waals surface area contributed by atoms with Crippen LogP contribution in [0.2, 0.25) is 0 Å². The van der Waals surface area contributed by atoms with Crippen LogP contribution in [-0.2, 0) is 44.8 Å². The van der Waals surface area contributed by atoms with E-state index in [1.54, 1.807) is 0 Å². The van der Waals surface area contributed by atoms with Gasteiger partial charge in [0, 0.05) is 0 Å². The fourth-order valence-electron chi connectivity index (χ4n) is 8.45. The summed E-state index contributed by atoms with van der Waals surface area (Å²) in [5, 5.41) is 18.1. The molecule has 11 rings (SSSR count). The molecule has 0 amide bonds. The molecular formula is C62H44Ag2P2+2. The summed E-state index contributed by atoms with van der Waals surface area (Å²) in [4.78, 5) is 0. The van der Waals surface area contributed by atoms with Crippen LogP contribution in [0.15, 0.2) is 255 Å². The molecule has 11 aromatic rings. The Kier molecular flexibility index (Phi) is 17.0. The zero-order valence-electron chi connectivity index (χ0n) is 35.9. The average Bonchev–Trinajstić information content (AvgIpc) is 3.37. The van der Waals surface area contributed by atoms with Crippen LogP contribution < -0.4 is 31.8 Å². The second kappa shape index (κ2) is 23.4. The van der Waals surface area contributed by atoms with Crippen LogP contribution >= 0.6 is 15.8 Å². The van der Waals surface area contributed by atoms with Gasteiger partial charge in [0.2, 0.25) is 0 Å². The van der Waals surface area contributed by atoms with Crippen LogP contribution in [-0.4, -0.2) is 0 Å². The molecule has 0 aromatic heterocycles. The van der Waals surface area contributed by atoms with Crippen molar-refractivity contribution < 1.29 is 44.8 Å². The van der Waals surface area contributed by atoms with E-state index in [-0.39, 0.29) is 44.8 Å². The van der Waals surface area contributed by atoms with Crippen molar-refractivity contribution in [2.75, 3.05) is 0 Å². The topological polar surface area (TPSA) is 0 Å². The van der Waals surface area contributed by atoms with Crippen molar-refractivity contribution in [3.8, 4) is 11.8 Å². The van der Waals surface area contributed by atoms with Crippen molar-refractivity contribution in [2.24, 2.45) is 0 Å². The molecule has 0 fully saturated rings. The van der Waals surface area contributed by atoms with Gasteiger partial charge >= 0.3 is 44.8 Å². The summed E-state index contributed by atoms with van der Waals surface area (Å²) >= 11 is 0. The number of hydrogen-bond donors (Lipinski definition) is 0. The Balaban J connectivity index is 0.000000160. The predicted octanol–water partition coefficient (Wildman–Crippen LogP) is 12.5. The molecule has 0 saturated heterocycles. The SMILES string of the molecule is [Ag+].[Ag+].[C-]#Cc1cccc2cc3ccccc3cc12.[C-]#Cc1cccc2cc3ccccc3cc12.c1ccc([PH+](c2ccccc2)c2ccccc2[PH+](c2ccccc2)c2ccccc2)cc1. The summed E-state index contributed by atoms with van der Waals surface area (Å²) in [5.41, 5.74) is 1.70. The number of rotatable bonds is 6. The Hall–Kier alpha value is -6.08. The molecule has 0 atom stereocenters. The molecule has 11 aromatic carbocycles. The van der Waals surface area contributed by atoms with Crippen LogP contribution in [0.5, 0.6) is 0 Å². The standard InChI is InChI=1S/C30H24P2.2C16H9.2Ag/c1-5-15-25(16-6-1)31(26-17-7-2-8-18-26)29-23-13-14-24-30(29)32(27-19-9-3-10-20-27)28-21-11-4-12-22-28;2*1-2-12-8-5-9-15-10-13-6-3-4-7-14(13)11-16(12)15;;/h1-24H;2*3-11H;;/q;2*-1;2*+1/p+2. The van der Waals surface area contributed by atoms with E-state index in [4.69, 9.17) is 12.8 Å². The van der Waals surface area contributed by atoms with Gasteiger partial charge in [-0.15, -0.1) is 23.3 Å². The van der Waals surface area contributed by atoms with Gasteiger partial charge in [-0.25, -0.2) is 0 Å². The molecule has 0 aliphatic rings. The Morgan fingerprint density at radius 3 is 0.818 bits per heavy atom. The minimum absolute atomic E-state index is 0. The molecule has 0 nitrogen and oxygen atoms in total. The van der Waals surface area contributed by atoms with Crippen LogP contribution in [0.4, 0.5) is 0 Å². The van der Waals surface area contributed by atoms with E-state index < -0.39 is 15.8 Å². The van der Waals surface area contributed by atoms with Crippen LogP contribution in [0.1, 0.15) is 11.1 Å². The van der Waals surface area contributed by atoms with E-state index in [1.807, 2.05) is 48.5 Å². The van der Waals surface area contributed by atoms with Gasteiger partial charge in [-0.3, -0.25) is 11.8 Å². The Labute approximate surface area is 422 Å². The third-order valence-corrected chi connectivity index (χ3v) is 17.3. The molecule has 0 bridgehead atoms. The van der Waals surface area contributed by atoms with E-state index >= 15 is 0 Å². The monoisotopic (exact) mass is 1060 g/mol. The molecular weight excluding hydrogens is 1020 g/mol. The third kappa shape index (κ3) is 10.9. The quantitative estimate of drug-likeness (QED) is 0.0512. The predicted molar refractivity (Wildman–Crippen MR) is 282 cm³/mol. The number of fused-ring (bicyclic) bond motifs is 4. The second-order valence-electron chi connectivity index (χ2n) is 15.5. The third-order valence-electron chi connectivity index (χ3n) is 11.5.